The molecule has 0 aromatic rings. The van der Waals surface area contributed by atoms with Crippen molar-refractivity contribution in [2.45, 2.75) is 19.8 Å². The third-order valence-corrected chi connectivity index (χ3v) is 1.43. The zero-order chi connectivity index (χ0) is 12.3. The molecule has 0 aromatic heterocycles. The average Bonchev–Trinajstić information content (AvgIpc) is 2.16. The van der Waals surface area contributed by atoms with Crippen molar-refractivity contribution in [2.24, 2.45) is 0 Å². The lowest BCUT2D eigenvalue weighted by atomic mass is 10.3. The molecule has 0 fully saturated rings. The second kappa shape index (κ2) is 11.0. The Morgan fingerprint density at radius 1 is 1.13 bits per heavy atom. The van der Waals surface area contributed by atoms with Crippen LogP contribution in [0.4, 0.5) is 0 Å². The van der Waals surface area contributed by atoms with E-state index in [0.717, 1.165) is 0 Å². The van der Waals surface area contributed by atoms with Gasteiger partial charge < -0.3 is 14.9 Å². The molecule has 0 radical (unpaired) electrons. The number of carboxylic acids is 2. The first kappa shape index (κ1) is 16.3. The Morgan fingerprint density at radius 2 is 1.53 bits per heavy atom. The van der Waals surface area contributed by atoms with Gasteiger partial charge in [0, 0.05) is 0 Å². The summed E-state index contributed by atoms with van der Waals surface area (Å²) in [6.45, 7) is 2.24. The van der Waals surface area contributed by atoms with Crippen molar-refractivity contribution in [2.75, 3.05) is 11.9 Å². The van der Waals surface area contributed by atoms with Gasteiger partial charge in [-0.25, -0.2) is 0 Å². The predicted molar refractivity (Wildman–Crippen MR) is 54.9 cm³/mol. The Morgan fingerprint density at radius 3 is 1.67 bits per heavy atom. The highest BCUT2D eigenvalue weighted by Gasteiger charge is 2.00. The molecule has 0 saturated carbocycles. The fourth-order valence-corrected chi connectivity index (χ4v) is 0.575. The molecule has 0 aromatic carbocycles. The van der Waals surface area contributed by atoms with Gasteiger partial charge in [-0.2, -0.15) is 0 Å². The van der Waals surface area contributed by atoms with E-state index in [1.54, 1.807) is 6.92 Å². The van der Waals surface area contributed by atoms with Crippen LogP contribution in [0.25, 0.3) is 0 Å². The van der Waals surface area contributed by atoms with E-state index in [-0.39, 0.29) is 18.8 Å². The second-order valence-corrected chi connectivity index (χ2v) is 2.79. The van der Waals surface area contributed by atoms with E-state index in [4.69, 9.17) is 10.2 Å². The molecule has 0 rings (SSSR count). The van der Waals surface area contributed by atoms with Gasteiger partial charge in [-0.3, -0.25) is 14.4 Å². The standard InChI is InChI=1S/C4H7BrO2.C4H6O4/c1-2-7-4(6)3-5;5-3(6)1-2-4(7)8/h2-3H2,1H3;1-2H2,(H,5,6)(H,7,8). The van der Waals surface area contributed by atoms with Crippen LogP contribution in [0.5, 0.6) is 0 Å². The topological polar surface area (TPSA) is 101 Å². The van der Waals surface area contributed by atoms with Crippen LogP contribution in [-0.2, 0) is 19.1 Å². The van der Waals surface area contributed by atoms with Gasteiger partial charge in [-0.1, -0.05) is 15.9 Å². The molecule has 0 unspecified atom stereocenters. The summed E-state index contributed by atoms with van der Waals surface area (Å²) in [7, 11) is 0. The minimum Gasteiger partial charge on any atom is -0.481 e. The molecule has 0 bridgehead atoms. The second-order valence-electron chi connectivity index (χ2n) is 2.23. The minimum absolute atomic E-state index is 0.206. The molecule has 0 aliphatic heterocycles. The van der Waals surface area contributed by atoms with Gasteiger partial charge in [0.1, 0.15) is 5.33 Å². The molecule has 0 amide bonds. The molecule has 0 heterocycles. The van der Waals surface area contributed by atoms with Crippen LogP contribution >= 0.6 is 15.9 Å². The molecular weight excluding hydrogens is 272 g/mol. The third-order valence-electron chi connectivity index (χ3n) is 0.967. The van der Waals surface area contributed by atoms with Gasteiger partial charge in [0.25, 0.3) is 0 Å². The fourth-order valence-electron chi connectivity index (χ4n) is 0.413. The number of halogens is 1. The van der Waals surface area contributed by atoms with Crippen molar-refractivity contribution >= 4 is 33.8 Å². The van der Waals surface area contributed by atoms with Gasteiger partial charge in [-0.05, 0) is 6.92 Å². The van der Waals surface area contributed by atoms with Gasteiger partial charge >= 0.3 is 17.9 Å². The summed E-state index contributed by atoms with van der Waals surface area (Å²) in [6, 6.07) is 0. The molecule has 0 saturated heterocycles. The zero-order valence-corrected chi connectivity index (χ0v) is 9.82. The number of aliphatic carboxylic acids is 2. The highest BCUT2D eigenvalue weighted by molar-refractivity contribution is 9.09. The van der Waals surface area contributed by atoms with E-state index in [1.165, 1.54) is 0 Å². The lowest BCUT2D eigenvalue weighted by molar-refractivity contribution is -0.143. The number of esters is 1. The summed E-state index contributed by atoms with van der Waals surface area (Å²) in [5.74, 6) is -2.36. The van der Waals surface area contributed by atoms with Crippen LogP contribution in [0.2, 0.25) is 0 Å². The van der Waals surface area contributed by atoms with Crippen molar-refractivity contribution < 1.29 is 29.3 Å². The molecule has 0 spiro atoms. The van der Waals surface area contributed by atoms with Crippen molar-refractivity contribution in [3.05, 3.63) is 0 Å². The predicted octanol–water partition coefficient (Wildman–Crippen LogP) is 0.880. The fraction of sp³-hybridized carbons (Fsp3) is 0.625. The van der Waals surface area contributed by atoms with E-state index in [9.17, 15) is 14.4 Å². The SMILES string of the molecule is CCOC(=O)CBr.O=C(O)CCC(=O)O. The number of alkyl halides is 1. The van der Waals surface area contributed by atoms with Gasteiger partial charge in [-0.15, -0.1) is 0 Å². The minimum atomic E-state index is -1.08. The van der Waals surface area contributed by atoms with E-state index >= 15 is 0 Å². The zero-order valence-electron chi connectivity index (χ0n) is 8.23. The van der Waals surface area contributed by atoms with E-state index in [2.05, 4.69) is 20.7 Å². The molecular formula is C8H13BrO6. The number of ether oxygens (including phenoxy) is 1. The quantitative estimate of drug-likeness (QED) is 0.574. The van der Waals surface area contributed by atoms with Crippen LogP contribution in [0.15, 0.2) is 0 Å². The maximum Gasteiger partial charge on any atom is 0.316 e. The summed E-state index contributed by atoms with van der Waals surface area (Å²) in [5, 5.41) is 16.1. The largest absolute Gasteiger partial charge is 0.481 e. The van der Waals surface area contributed by atoms with E-state index in [1.807, 2.05) is 0 Å². The molecule has 7 heteroatoms. The maximum absolute atomic E-state index is 10.1. The Bertz CT molecular complexity index is 201. The maximum atomic E-state index is 10.1. The normalized spacial score (nSPS) is 8.40. The van der Waals surface area contributed by atoms with Crippen molar-refractivity contribution in [1.82, 2.24) is 0 Å². The molecule has 0 aliphatic rings. The Labute approximate surface area is 95.4 Å². The molecule has 0 atom stereocenters. The first-order valence-electron chi connectivity index (χ1n) is 4.09. The first-order chi connectivity index (χ1) is 6.93. The summed E-state index contributed by atoms with van der Waals surface area (Å²) in [4.78, 5) is 29.4. The highest BCUT2D eigenvalue weighted by Crippen LogP contribution is 1.86. The number of hydrogen-bond donors (Lipinski definition) is 2. The number of hydrogen-bond acceptors (Lipinski definition) is 4. The van der Waals surface area contributed by atoms with Crippen molar-refractivity contribution in [1.29, 1.82) is 0 Å². The smallest absolute Gasteiger partial charge is 0.316 e. The van der Waals surface area contributed by atoms with Gasteiger partial charge in [0.2, 0.25) is 0 Å². The monoisotopic (exact) mass is 284 g/mol. The van der Waals surface area contributed by atoms with Crippen molar-refractivity contribution in [3.8, 4) is 0 Å². The summed E-state index contributed by atoms with van der Waals surface area (Å²) in [5.41, 5.74) is 0. The summed E-state index contributed by atoms with van der Waals surface area (Å²) < 4.78 is 4.51. The number of carbonyl (C=O) groups is 3. The van der Waals surface area contributed by atoms with Crippen LogP contribution < -0.4 is 0 Å². The van der Waals surface area contributed by atoms with Crippen molar-refractivity contribution in [3.63, 3.8) is 0 Å². The summed E-state index contributed by atoms with van der Waals surface area (Å²) in [6.07, 6.45) is -0.593. The molecule has 15 heavy (non-hydrogen) atoms. The molecule has 6 nitrogen and oxygen atoms in total. The number of rotatable bonds is 5. The Balaban J connectivity index is 0. The lowest BCUT2D eigenvalue weighted by Crippen LogP contribution is -2.03. The van der Waals surface area contributed by atoms with Crippen LogP contribution in [0, 0.1) is 0 Å². The van der Waals surface area contributed by atoms with Crippen LogP contribution in [-0.4, -0.2) is 40.1 Å². The Kier molecular flexibility index (Phi) is 11.9. The third kappa shape index (κ3) is 19.3. The van der Waals surface area contributed by atoms with Gasteiger partial charge in [0.15, 0.2) is 0 Å². The first-order valence-corrected chi connectivity index (χ1v) is 5.21. The van der Waals surface area contributed by atoms with Crippen LogP contribution in [0.1, 0.15) is 19.8 Å². The van der Waals surface area contributed by atoms with Gasteiger partial charge in [0.05, 0.1) is 19.4 Å². The molecule has 0 aliphatic carbocycles. The average molecular weight is 285 g/mol. The number of carbonyl (C=O) groups excluding carboxylic acids is 1. The summed E-state index contributed by atoms with van der Waals surface area (Å²) >= 11 is 2.94. The Hall–Kier alpha value is -1.11. The lowest BCUT2D eigenvalue weighted by Gasteiger charge is -1.92. The van der Waals surface area contributed by atoms with E-state index < -0.39 is 11.9 Å². The molecule has 88 valence electrons. The highest BCUT2D eigenvalue weighted by atomic mass is 79.9. The van der Waals surface area contributed by atoms with Crippen LogP contribution in [0.3, 0.4) is 0 Å². The molecule has 2 N–H and O–H groups in total. The van der Waals surface area contributed by atoms with E-state index in [0.29, 0.717) is 11.9 Å². The number of carboxylic acid groups (broad SMARTS) is 2.